The van der Waals surface area contributed by atoms with Gasteiger partial charge in [-0.15, -0.1) is 0 Å². The highest BCUT2D eigenvalue weighted by molar-refractivity contribution is 5.94. The number of carbonyl (C=O) groups excluding carboxylic acids is 1. The van der Waals surface area contributed by atoms with Gasteiger partial charge in [0.2, 0.25) is 0 Å². The van der Waals surface area contributed by atoms with Crippen molar-refractivity contribution in [3.8, 4) is 11.5 Å². The molecular weight excluding hydrogens is 418 g/mol. The van der Waals surface area contributed by atoms with Gasteiger partial charge < -0.3 is 24.2 Å². The Labute approximate surface area is 196 Å². The summed E-state index contributed by atoms with van der Waals surface area (Å²) in [7, 11) is 0. The molecule has 2 aliphatic heterocycles. The number of benzene rings is 2. The average molecular weight is 454 g/mol. The number of hydrogen-bond acceptors (Lipinski definition) is 5. The summed E-state index contributed by atoms with van der Waals surface area (Å²) in [6.45, 7) is 9.06. The number of amides is 1. The van der Waals surface area contributed by atoms with Crippen LogP contribution in [-0.2, 0) is 11.3 Å². The van der Waals surface area contributed by atoms with E-state index < -0.39 is 0 Å². The third-order valence-corrected chi connectivity index (χ3v) is 6.39. The van der Waals surface area contributed by atoms with Gasteiger partial charge in [-0.05, 0) is 52.0 Å². The van der Waals surface area contributed by atoms with Gasteiger partial charge in [-0.3, -0.25) is 4.79 Å². The van der Waals surface area contributed by atoms with Crippen LogP contribution in [0.1, 0.15) is 74.5 Å². The van der Waals surface area contributed by atoms with Crippen molar-refractivity contribution in [1.82, 2.24) is 4.90 Å². The third kappa shape index (κ3) is 5.17. The summed E-state index contributed by atoms with van der Waals surface area (Å²) in [6.07, 6.45) is 2.43. The number of aliphatic hydroxyl groups excluding tert-OH is 1. The lowest BCUT2D eigenvalue weighted by Crippen LogP contribution is -2.52. The Bertz CT molecular complexity index is 978. The van der Waals surface area contributed by atoms with Crippen LogP contribution in [0.4, 0.5) is 0 Å². The van der Waals surface area contributed by atoms with E-state index in [1.54, 1.807) is 18.2 Å². The molecule has 4 rings (SSSR count). The number of rotatable bonds is 6. The summed E-state index contributed by atoms with van der Waals surface area (Å²) in [5, 5.41) is 9.75. The van der Waals surface area contributed by atoms with Crippen molar-refractivity contribution in [2.45, 2.75) is 77.5 Å². The summed E-state index contributed by atoms with van der Waals surface area (Å²) in [5.74, 6) is 1.48. The van der Waals surface area contributed by atoms with Crippen LogP contribution in [0.3, 0.4) is 0 Å². The fourth-order valence-corrected chi connectivity index (χ4v) is 4.82. The van der Waals surface area contributed by atoms with E-state index >= 15 is 0 Å². The first-order valence-electron chi connectivity index (χ1n) is 11.9. The molecule has 33 heavy (non-hydrogen) atoms. The van der Waals surface area contributed by atoms with Crippen molar-refractivity contribution >= 4 is 5.91 Å². The first-order valence-corrected chi connectivity index (χ1v) is 11.9. The molecule has 1 saturated heterocycles. The van der Waals surface area contributed by atoms with E-state index in [-0.39, 0.29) is 36.4 Å². The van der Waals surface area contributed by atoms with E-state index in [9.17, 15) is 9.90 Å². The molecule has 1 fully saturated rings. The van der Waals surface area contributed by atoms with Crippen molar-refractivity contribution in [1.29, 1.82) is 0 Å². The Kier molecular flexibility index (Phi) is 6.96. The van der Waals surface area contributed by atoms with E-state index in [1.165, 1.54) is 0 Å². The summed E-state index contributed by atoms with van der Waals surface area (Å²) < 4.78 is 18.5. The van der Waals surface area contributed by atoms with Gasteiger partial charge in [-0.25, -0.2) is 0 Å². The monoisotopic (exact) mass is 453 g/mol. The highest BCUT2D eigenvalue weighted by atomic mass is 16.5. The van der Waals surface area contributed by atoms with Gasteiger partial charge in [0, 0.05) is 49.0 Å². The average Bonchev–Trinajstić information content (AvgIpc) is 2.78. The molecule has 1 spiro atoms. The van der Waals surface area contributed by atoms with Gasteiger partial charge in [0.05, 0.1) is 24.9 Å². The van der Waals surface area contributed by atoms with E-state index in [4.69, 9.17) is 14.2 Å². The number of piperidine rings is 1. The van der Waals surface area contributed by atoms with Crippen molar-refractivity contribution in [2.24, 2.45) is 0 Å². The van der Waals surface area contributed by atoms with Crippen LogP contribution in [0, 0.1) is 0 Å². The number of carbonyl (C=O) groups is 1. The molecule has 0 aliphatic carbocycles. The Balaban J connectivity index is 1.47. The van der Waals surface area contributed by atoms with E-state index in [1.807, 2.05) is 36.9 Å². The van der Waals surface area contributed by atoms with Gasteiger partial charge >= 0.3 is 0 Å². The summed E-state index contributed by atoms with van der Waals surface area (Å²) in [6, 6.07) is 13.4. The van der Waals surface area contributed by atoms with Crippen LogP contribution >= 0.6 is 0 Å². The minimum atomic E-state index is -0.324. The third-order valence-electron chi connectivity index (χ3n) is 6.39. The van der Waals surface area contributed by atoms with Crippen LogP contribution in [0.5, 0.6) is 11.5 Å². The molecule has 0 aromatic heterocycles. The Hall–Kier alpha value is -2.57. The maximum atomic E-state index is 13.2. The lowest BCUT2D eigenvalue weighted by molar-refractivity contribution is -0.0872. The van der Waals surface area contributed by atoms with Gasteiger partial charge in [-0.1, -0.05) is 18.2 Å². The molecule has 178 valence electrons. The number of nitrogens with zero attached hydrogens (tertiary/aromatic N) is 1. The first-order chi connectivity index (χ1) is 15.8. The zero-order valence-electron chi connectivity index (χ0n) is 20.0. The largest absolute Gasteiger partial charge is 0.491 e. The fraction of sp³-hybridized carbons (Fsp3) is 0.519. The van der Waals surface area contributed by atoms with Crippen LogP contribution in [-0.4, -0.2) is 46.8 Å². The second-order valence-electron chi connectivity index (χ2n) is 9.64. The second-order valence-corrected chi connectivity index (χ2v) is 9.64. The lowest BCUT2D eigenvalue weighted by atomic mass is 9.81. The molecule has 1 atom stereocenters. The smallest absolute Gasteiger partial charge is 0.253 e. The molecular formula is C27H35NO5. The predicted octanol–water partition coefficient (Wildman–Crippen LogP) is 4.89. The van der Waals surface area contributed by atoms with Crippen LogP contribution in [0.2, 0.25) is 0 Å². The number of para-hydroxylation sites is 1. The summed E-state index contributed by atoms with van der Waals surface area (Å²) in [5.41, 5.74) is 1.98. The van der Waals surface area contributed by atoms with Crippen LogP contribution in [0.25, 0.3) is 0 Å². The molecule has 6 heteroatoms. The van der Waals surface area contributed by atoms with E-state index in [0.717, 1.165) is 30.6 Å². The molecule has 2 aromatic rings. The topological polar surface area (TPSA) is 68.2 Å². The van der Waals surface area contributed by atoms with Crippen molar-refractivity contribution in [3.05, 3.63) is 59.2 Å². The van der Waals surface area contributed by atoms with Gasteiger partial charge in [-0.2, -0.15) is 0 Å². The molecule has 0 bridgehead atoms. The summed E-state index contributed by atoms with van der Waals surface area (Å²) >= 11 is 0. The van der Waals surface area contributed by atoms with Crippen molar-refractivity contribution < 1.29 is 24.1 Å². The van der Waals surface area contributed by atoms with Crippen LogP contribution < -0.4 is 9.47 Å². The number of hydrogen-bond donors (Lipinski definition) is 1. The van der Waals surface area contributed by atoms with Crippen molar-refractivity contribution in [2.75, 3.05) is 13.1 Å². The summed E-state index contributed by atoms with van der Waals surface area (Å²) in [4.78, 5) is 15.1. The molecule has 1 amide bonds. The fourth-order valence-electron chi connectivity index (χ4n) is 4.82. The minimum absolute atomic E-state index is 0.000684. The molecule has 2 aromatic carbocycles. The van der Waals surface area contributed by atoms with Gasteiger partial charge in [0.25, 0.3) is 5.91 Å². The zero-order valence-corrected chi connectivity index (χ0v) is 20.0. The van der Waals surface area contributed by atoms with E-state index in [0.29, 0.717) is 30.0 Å². The van der Waals surface area contributed by atoms with E-state index in [2.05, 4.69) is 19.9 Å². The standard InChI is InChI=1S/C27H35NO5/c1-18(2)31-23-10-9-20(15-21(23)17-29)26(30)28-13-11-27(12-14-28)16-25(32-19(3)4)22-7-5-6-8-24(22)33-27/h5-10,15,18-19,25,29H,11-14,16-17H2,1-4H3/t25-/m0/s1. The number of ether oxygens (including phenoxy) is 3. The SMILES string of the molecule is CC(C)Oc1ccc(C(=O)N2CCC3(CC2)C[C@H](OC(C)C)c2ccccc2O3)cc1CO. The molecule has 2 aliphatic rings. The zero-order chi connectivity index (χ0) is 23.6. The maximum absolute atomic E-state index is 13.2. The Morgan fingerprint density at radius 1 is 1.12 bits per heavy atom. The number of aliphatic hydroxyl groups is 1. The maximum Gasteiger partial charge on any atom is 0.253 e. The molecule has 0 radical (unpaired) electrons. The second kappa shape index (κ2) is 9.74. The molecule has 0 unspecified atom stereocenters. The Morgan fingerprint density at radius 2 is 1.85 bits per heavy atom. The normalized spacial score (nSPS) is 19.5. The molecule has 2 heterocycles. The molecule has 6 nitrogen and oxygen atoms in total. The highest BCUT2D eigenvalue weighted by Gasteiger charge is 2.44. The number of likely N-dealkylation sites (tertiary alicyclic amines) is 1. The highest BCUT2D eigenvalue weighted by Crippen LogP contribution is 2.46. The van der Waals surface area contributed by atoms with Crippen molar-refractivity contribution in [3.63, 3.8) is 0 Å². The van der Waals surface area contributed by atoms with Crippen LogP contribution in [0.15, 0.2) is 42.5 Å². The quantitative estimate of drug-likeness (QED) is 0.675. The van der Waals surface area contributed by atoms with Gasteiger partial charge in [0.15, 0.2) is 0 Å². The minimum Gasteiger partial charge on any atom is -0.491 e. The lowest BCUT2D eigenvalue weighted by Gasteiger charge is -2.47. The Morgan fingerprint density at radius 3 is 2.52 bits per heavy atom. The van der Waals surface area contributed by atoms with Gasteiger partial charge in [0.1, 0.15) is 17.1 Å². The first kappa shape index (κ1) is 23.6. The number of fused-ring (bicyclic) bond motifs is 1. The molecule has 1 N–H and O–H groups in total. The molecule has 0 saturated carbocycles. The predicted molar refractivity (Wildman–Crippen MR) is 127 cm³/mol.